The molecule has 0 amide bonds. The van der Waals surface area contributed by atoms with Crippen LogP contribution in [0.3, 0.4) is 0 Å². The van der Waals surface area contributed by atoms with Crippen molar-refractivity contribution in [2.24, 2.45) is 0 Å². The van der Waals surface area contributed by atoms with Gasteiger partial charge in [0.05, 0.1) is 0 Å². The van der Waals surface area contributed by atoms with Gasteiger partial charge in [0.25, 0.3) is 0 Å². The molecule has 0 spiro atoms. The molecule has 3 rings (SSSR count). The van der Waals surface area contributed by atoms with Gasteiger partial charge in [-0.15, -0.1) is 0 Å². The van der Waals surface area contributed by atoms with Crippen molar-refractivity contribution in [2.45, 2.75) is 45.1 Å². The summed E-state index contributed by atoms with van der Waals surface area (Å²) in [6, 6.07) is 13.5. The quantitative estimate of drug-likeness (QED) is 0.675. The van der Waals surface area contributed by atoms with Gasteiger partial charge >= 0.3 is 0 Å². The summed E-state index contributed by atoms with van der Waals surface area (Å²) in [6.07, 6.45) is 3.89. The van der Waals surface area contributed by atoms with Gasteiger partial charge in [-0.3, -0.25) is 4.79 Å². The monoisotopic (exact) mass is 352 g/mol. The van der Waals surface area contributed by atoms with Gasteiger partial charge in [0, 0.05) is 17.5 Å². The first-order valence-corrected chi connectivity index (χ1v) is 8.91. The topological polar surface area (TPSA) is 26.3 Å². The molecule has 2 aromatic rings. The molecule has 1 aliphatic heterocycles. The predicted molar refractivity (Wildman–Crippen MR) is 104 cm³/mol. The molecule has 0 fully saturated rings. The molecular formula is C23H25FO2. The van der Waals surface area contributed by atoms with E-state index < -0.39 is 12.3 Å². The highest BCUT2D eigenvalue weighted by atomic mass is 19.1. The molecule has 0 saturated heterocycles. The molecule has 136 valence electrons. The van der Waals surface area contributed by atoms with Crippen LogP contribution in [0.5, 0.6) is 5.75 Å². The number of hydrogen-bond acceptors (Lipinski definition) is 2. The molecule has 1 atom stereocenters. The smallest absolute Gasteiger partial charge is 0.167 e. The molecule has 3 heteroatoms. The standard InChI is InChI=1S/C23H25FO2/c1-22(2,3)19-8-5-16(6-9-19)13-20(25)17-7-10-21-18(14-17)11-12-23(4,15-24)26-21/h5-12,14H,13,15H2,1-4H3. The van der Waals surface area contributed by atoms with Crippen molar-refractivity contribution in [1.82, 2.24) is 0 Å². The maximum Gasteiger partial charge on any atom is 0.167 e. The lowest BCUT2D eigenvalue weighted by Gasteiger charge is -2.29. The highest BCUT2D eigenvalue weighted by Crippen LogP contribution is 2.32. The fraction of sp³-hybridized carbons (Fsp3) is 0.348. The van der Waals surface area contributed by atoms with Crippen LogP contribution >= 0.6 is 0 Å². The van der Waals surface area contributed by atoms with E-state index in [1.54, 1.807) is 25.1 Å². The van der Waals surface area contributed by atoms with Crippen LogP contribution < -0.4 is 4.74 Å². The Hall–Kier alpha value is -2.42. The molecule has 0 saturated carbocycles. The molecule has 1 heterocycles. The van der Waals surface area contributed by atoms with Gasteiger partial charge in [-0.05, 0) is 47.7 Å². The van der Waals surface area contributed by atoms with Gasteiger partial charge in [0.15, 0.2) is 11.4 Å². The van der Waals surface area contributed by atoms with Crippen molar-refractivity contribution in [2.75, 3.05) is 6.67 Å². The van der Waals surface area contributed by atoms with E-state index in [2.05, 4.69) is 32.9 Å². The minimum Gasteiger partial charge on any atom is -0.480 e. The molecule has 2 aromatic carbocycles. The Morgan fingerprint density at radius 1 is 1.12 bits per heavy atom. The number of benzene rings is 2. The number of rotatable bonds is 4. The molecule has 1 aliphatic rings. The zero-order valence-electron chi connectivity index (χ0n) is 15.8. The predicted octanol–water partition coefficient (Wildman–Crippen LogP) is 5.54. The molecule has 26 heavy (non-hydrogen) atoms. The second kappa shape index (κ2) is 6.71. The summed E-state index contributed by atoms with van der Waals surface area (Å²) >= 11 is 0. The van der Waals surface area contributed by atoms with Crippen LogP contribution in [0.4, 0.5) is 4.39 Å². The van der Waals surface area contributed by atoms with Crippen LogP contribution in [-0.4, -0.2) is 18.1 Å². The first kappa shape index (κ1) is 18.4. The number of carbonyl (C=O) groups is 1. The summed E-state index contributed by atoms with van der Waals surface area (Å²) in [5.41, 5.74) is 2.87. The summed E-state index contributed by atoms with van der Waals surface area (Å²) in [7, 11) is 0. The average molecular weight is 352 g/mol. The van der Waals surface area contributed by atoms with E-state index in [9.17, 15) is 9.18 Å². The Kier molecular flexibility index (Phi) is 4.74. The van der Waals surface area contributed by atoms with Crippen molar-refractivity contribution in [3.05, 3.63) is 70.8 Å². The third-order valence-electron chi connectivity index (χ3n) is 4.74. The van der Waals surface area contributed by atoms with Crippen molar-refractivity contribution in [1.29, 1.82) is 0 Å². The largest absolute Gasteiger partial charge is 0.480 e. The number of ketones is 1. The van der Waals surface area contributed by atoms with Crippen molar-refractivity contribution >= 4 is 11.9 Å². The maximum absolute atomic E-state index is 13.1. The van der Waals surface area contributed by atoms with Crippen molar-refractivity contribution < 1.29 is 13.9 Å². The maximum atomic E-state index is 13.1. The molecule has 1 unspecified atom stereocenters. The second-order valence-electron chi connectivity index (χ2n) is 8.18. The van der Waals surface area contributed by atoms with Gasteiger partial charge in [0.2, 0.25) is 0 Å². The van der Waals surface area contributed by atoms with Crippen molar-refractivity contribution in [3.63, 3.8) is 0 Å². The first-order valence-electron chi connectivity index (χ1n) is 8.91. The molecule has 0 aliphatic carbocycles. The summed E-state index contributed by atoms with van der Waals surface area (Å²) in [6.45, 7) is 7.62. The van der Waals surface area contributed by atoms with Gasteiger partial charge in [-0.25, -0.2) is 4.39 Å². The SMILES string of the molecule is CC1(CF)C=Cc2cc(C(=O)Cc3ccc(C(C)(C)C)cc3)ccc2O1. The fourth-order valence-corrected chi connectivity index (χ4v) is 2.98. The van der Waals surface area contributed by atoms with Gasteiger partial charge < -0.3 is 4.74 Å². The third kappa shape index (κ3) is 3.87. The molecule has 0 aromatic heterocycles. The van der Waals surface area contributed by atoms with E-state index in [0.29, 0.717) is 17.7 Å². The van der Waals surface area contributed by atoms with E-state index in [1.807, 2.05) is 24.3 Å². The number of hydrogen-bond donors (Lipinski definition) is 0. The Morgan fingerprint density at radius 3 is 2.42 bits per heavy atom. The zero-order valence-corrected chi connectivity index (χ0v) is 15.8. The highest BCUT2D eigenvalue weighted by molar-refractivity contribution is 5.98. The Bertz CT molecular complexity index is 844. The summed E-state index contributed by atoms with van der Waals surface area (Å²) in [5.74, 6) is 0.669. The van der Waals surface area contributed by atoms with Crippen LogP contribution in [-0.2, 0) is 11.8 Å². The van der Waals surface area contributed by atoms with E-state index in [4.69, 9.17) is 4.74 Å². The minimum absolute atomic E-state index is 0.0588. The highest BCUT2D eigenvalue weighted by Gasteiger charge is 2.27. The van der Waals surface area contributed by atoms with E-state index in [0.717, 1.165) is 11.1 Å². The van der Waals surface area contributed by atoms with Gasteiger partial charge in [0.1, 0.15) is 12.4 Å². The third-order valence-corrected chi connectivity index (χ3v) is 4.74. The lowest BCUT2D eigenvalue weighted by Crippen LogP contribution is -2.34. The van der Waals surface area contributed by atoms with Gasteiger partial charge in [-0.1, -0.05) is 51.1 Å². The number of fused-ring (bicyclic) bond motifs is 1. The summed E-state index contributed by atoms with van der Waals surface area (Å²) in [5, 5.41) is 0. The number of halogens is 1. The number of Topliss-reactive ketones (excluding diaryl/α,β-unsaturated/α-hetero) is 1. The first-order chi connectivity index (χ1) is 12.2. The summed E-state index contributed by atoms with van der Waals surface area (Å²) in [4.78, 5) is 12.6. The van der Waals surface area contributed by atoms with Crippen LogP contribution in [0.25, 0.3) is 6.08 Å². The number of alkyl halides is 1. The minimum atomic E-state index is -0.923. The zero-order chi connectivity index (χ0) is 18.9. The lowest BCUT2D eigenvalue weighted by molar-refractivity contribution is 0.0991. The molecule has 2 nitrogen and oxygen atoms in total. The lowest BCUT2D eigenvalue weighted by atomic mass is 9.86. The van der Waals surface area contributed by atoms with Crippen LogP contribution in [0.1, 0.15) is 54.7 Å². The van der Waals surface area contributed by atoms with E-state index >= 15 is 0 Å². The Balaban J connectivity index is 1.75. The molecule has 0 bridgehead atoms. The normalized spacial score (nSPS) is 19.0. The summed E-state index contributed by atoms with van der Waals surface area (Å²) < 4.78 is 18.8. The van der Waals surface area contributed by atoms with Crippen LogP contribution in [0.15, 0.2) is 48.5 Å². The average Bonchev–Trinajstić information content (AvgIpc) is 2.61. The van der Waals surface area contributed by atoms with Gasteiger partial charge in [-0.2, -0.15) is 0 Å². The Morgan fingerprint density at radius 2 is 1.81 bits per heavy atom. The molecule has 0 N–H and O–H groups in total. The number of carbonyl (C=O) groups excluding carboxylic acids is 1. The number of ether oxygens (including phenoxy) is 1. The van der Waals surface area contributed by atoms with E-state index in [1.165, 1.54) is 5.56 Å². The fourth-order valence-electron chi connectivity index (χ4n) is 2.98. The molecule has 0 radical (unpaired) electrons. The molecular weight excluding hydrogens is 327 g/mol. The second-order valence-corrected chi connectivity index (χ2v) is 8.18. The van der Waals surface area contributed by atoms with Crippen molar-refractivity contribution in [3.8, 4) is 5.75 Å². The van der Waals surface area contributed by atoms with Crippen LogP contribution in [0, 0.1) is 0 Å². The van der Waals surface area contributed by atoms with Crippen LogP contribution in [0.2, 0.25) is 0 Å². The Labute approximate surface area is 154 Å². The van der Waals surface area contributed by atoms with E-state index in [-0.39, 0.29) is 11.2 Å².